The molecule has 0 saturated carbocycles. The zero-order chi connectivity index (χ0) is 12.9. The Bertz CT molecular complexity index is 207. The van der Waals surface area contributed by atoms with Crippen molar-refractivity contribution in [1.29, 1.82) is 0 Å². The van der Waals surface area contributed by atoms with Gasteiger partial charge in [0.15, 0.2) is 0 Å². The first-order valence-electron chi connectivity index (χ1n) is 7.35. The maximum atomic E-state index is 6.22. The van der Waals surface area contributed by atoms with Crippen molar-refractivity contribution in [3.8, 4) is 0 Å². The average Bonchev–Trinajstić information content (AvgIpc) is 2.37. The molecule has 17 heavy (non-hydrogen) atoms. The number of hydrogen-bond donors (Lipinski definition) is 1. The lowest BCUT2D eigenvalue weighted by molar-refractivity contribution is 0.252. The van der Waals surface area contributed by atoms with Crippen LogP contribution in [0, 0.1) is 11.3 Å². The first kappa shape index (κ1) is 15.0. The second-order valence-corrected chi connectivity index (χ2v) is 7.19. The summed E-state index contributed by atoms with van der Waals surface area (Å²) < 4.78 is 0. The molecule has 1 heterocycles. The van der Waals surface area contributed by atoms with Gasteiger partial charge in [0.2, 0.25) is 0 Å². The first-order chi connectivity index (χ1) is 7.87. The fourth-order valence-corrected chi connectivity index (χ4v) is 2.78. The Hall–Kier alpha value is -0.0800. The van der Waals surface area contributed by atoms with E-state index in [1.54, 1.807) is 0 Å². The summed E-state index contributed by atoms with van der Waals surface area (Å²) >= 11 is 0. The molecule has 102 valence electrons. The molecule has 0 aromatic heterocycles. The smallest absolute Gasteiger partial charge is 0.00559 e. The molecule has 2 unspecified atom stereocenters. The van der Waals surface area contributed by atoms with Crippen LogP contribution in [0.3, 0.4) is 0 Å². The Kier molecular flexibility index (Phi) is 5.94. The molecule has 0 radical (unpaired) electrons. The molecular weight excluding hydrogens is 208 g/mol. The summed E-state index contributed by atoms with van der Waals surface area (Å²) in [7, 11) is 0. The van der Waals surface area contributed by atoms with Gasteiger partial charge in [-0.3, -0.25) is 0 Å². The van der Waals surface area contributed by atoms with E-state index >= 15 is 0 Å². The van der Waals surface area contributed by atoms with Gasteiger partial charge in [0.1, 0.15) is 0 Å². The number of likely N-dealkylation sites (tertiary alicyclic amines) is 1. The molecule has 1 aliphatic heterocycles. The number of hydrogen-bond acceptors (Lipinski definition) is 2. The molecule has 2 heteroatoms. The molecular formula is C15H32N2. The van der Waals surface area contributed by atoms with Crippen LogP contribution in [0.25, 0.3) is 0 Å². The third-order valence-electron chi connectivity index (χ3n) is 3.80. The Balaban J connectivity index is 2.21. The average molecular weight is 240 g/mol. The van der Waals surface area contributed by atoms with Crippen LogP contribution < -0.4 is 5.73 Å². The highest BCUT2D eigenvalue weighted by atomic mass is 15.1. The Labute approximate surface area is 108 Å². The van der Waals surface area contributed by atoms with Gasteiger partial charge >= 0.3 is 0 Å². The summed E-state index contributed by atoms with van der Waals surface area (Å²) in [6.45, 7) is 13.0. The molecule has 1 aliphatic rings. The molecule has 1 saturated heterocycles. The lowest BCUT2D eigenvalue weighted by atomic mass is 9.87. The van der Waals surface area contributed by atoms with Crippen LogP contribution >= 0.6 is 0 Å². The van der Waals surface area contributed by atoms with E-state index in [-0.39, 0.29) is 0 Å². The van der Waals surface area contributed by atoms with Crippen molar-refractivity contribution >= 4 is 0 Å². The van der Waals surface area contributed by atoms with E-state index in [1.165, 1.54) is 38.9 Å². The molecule has 0 spiro atoms. The van der Waals surface area contributed by atoms with E-state index in [1.807, 2.05) is 0 Å². The standard InChI is InChI=1S/C15H32N2/c1-13-6-5-9-17(10-7-13)11-8-14(16)12-15(2,3)4/h13-14H,5-12,16H2,1-4H3. The van der Waals surface area contributed by atoms with Gasteiger partial charge in [0.05, 0.1) is 0 Å². The quantitative estimate of drug-likeness (QED) is 0.817. The van der Waals surface area contributed by atoms with Crippen LogP contribution in [0.5, 0.6) is 0 Å². The van der Waals surface area contributed by atoms with Crippen molar-refractivity contribution in [3.63, 3.8) is 0 Å². The van der Waals surface area contributed by atoms with Crippen molar-refractivity contribution in [3.05, 3.63) is 0 Å². The van der Waals surface area contributed by atoms with Crippen molar-refractivity contribution in [2.24, 2.45) is 17.1 Å². The van der Waals surface area contributed by atoms with Crippen LogP contribution in [0.4, 0.5) is 0 Å². The van der Waals surface area contributed by atoms with Gasteiger partial charge in [-0.1, -0.05) is 27.7 Å². The predicted octanol–water partition coefficient (Wildman–Crippen LogP) is 3.26. The normalized spacial score (nSPS) is 25.6. The third-order valence-corrected chi connectivity index (χ3v) is 3.80. The molecule has 2 nitrogen and oxygen atoms in total. The zero-order valence-electron chi connectivity index (χ0n) is 12.3. The van der Waals surface area contributed by atoms with Gasteiger partial charge in [0.25, 0.3) is 0 Å². The molecule has 0 amide bonds. The molecule has 0 aliphatic carbocycles. The van der Waals surface area contributed by atoms with Crippen LogP contribution in [0.2, 0.25) is 0 Å². The molecule has 2 N–H and O–H groups in total. The monoisotopic (exact) mass is 240 g/mol. The van der Waals surface area contributed by atoms with E-state index < -0.39 is 0 Å². The minimum absolute atomic E-state index is 0.368. The summed E-state index contributed by atoms with van der Waals surface area (Å²) in [5.41, 5.74) is 6.58. The van der Waals surface area contributed by atoms with Crippen molar-refractivity contribution in [2.75, 3.05) is 19.6 Å². The fourth-order valence-electron chi connectivity index (χ4n) is 2.78. The maximum absolute atomic E-state index is 6.22. The summed E-state index contributed by atoms with van der Waals surface area (Å²) in [4.78, 5) is 2.62. The van der Waals surface area contributed by atoms with E-state index in [9.17, 15) is 0 Å². The van der Waals surface area contributed by atoms with E-state index in [4.69, 9.17) is 5.73 Å². The highest BCUT2D eigenvalue weighted by Gasteiger charge is 2.18. The van der Waals surface area contributed by atoms with Crippen LogP contribution in [0.1, 0.15) is 59.8 Å². The largest absolute Gasteiger partial charge is 0.328 e. The van der Waals surface area contributed by atoms with E-state index in [0.29, 0.717) is 11.5 Å². The summed E-state index contributed by atoms with van der Waals surface area (Å²) in [5.74, 6) is 0.920. The van der Waals surface area contributed by atoms with Gasteiger partial charge in [-0.05, 0) is 63.1 Å². The number of nitrogens with two attached hydrogens (primary N) is 1. The van der Waals surface area contributed by atoms with Gasteiger partial charge in [-0.25, -0.2) is 0 Å². The van der Waals surface area contributed by atoms with E-state index in [2.05, 4.69) is 32.6 Å². The molecule has 1 rings (SSSR count). The highest BCUT2D eigenvalue weighted by Crippen LogP contribution is 2.22. The Morgan fingerprint density at radius 1 is 1.24 bits per heavy atom. The lowest BCUT2D eigenvalue weighted by Crippen LogP contribution is -2.33. The molecule has 1 fully saturated rings. The van der Waals surface area contributed by atoms with Gasteiger partial charge in [-0.2, -0.15) is 0 Å². The number of rotatable bonds is 4. The topological polar surface area (TPSA) is 29.3 Å². The first-order valence-corrected chi connectivity index (χ1v) is 7.35. The molecule has 0 bridgehead atoms. The predicted molar refractivity (Wildman–Crippen MR) is 76.1 cm³/mol. The second kappa shape index (κ2) is 6.75. The maximum Gasteiger partial charge on any atom is 0.00559 e. The summed E-state index contributed by atoms with van der Waals surface area (Å²) in [5, 5.41) is 0. The van der Waals surface area contributed by atoms with Crippen LogP contribution in [-0.4, -0.2) is 30.6 Å². The fraction of sp³-hybridized carbons (Fsp3) is 1.00. The highest BCUT2D eigenvalue weighted by molar-refractivity contribution is 4.74. The van der Waals surface area contributed by atoms with Crippen LogP contribution in [0.15, 0.2) is 0 Å². The Morgan fingerprint density at radius 2 is 1.94 bits per heavy atom. The summed E-state index contributed by atoms with van der Waals surface area (Å²) in [6.07, 6.45) is 6.44. The molecule has 0 aromatic rings. The summed E-state index contributed by atoms with van der Waals surface area (Å²) in [6, 6.07) is 0.371. The minimum atomic E-state index is 0.368. The second-order valence-electron chi connectivity index (χ2n) is 7.19. The van der Waals surface area contributed by atoms with E-state index in [0.717, 1.165) is 18.8 Å². The van der Waals surface area contributed by atoms with Crippen LogP contribution in [-0.2, 0) is 0 Å². The molecule has 0 aromatic carbocycles. The van der Waals surface area contributed by atoms with Crippen molar-refractivity contribution in [1.82, 2.24) is 4.90 Å². The van der Waals surface area contributed by atoms with Crippen molar-refractivity contribution < 1.29 is 0 Å². The van der Waals surface area contributed by atoms with Gasteiger partial charge in [-0.15, -0.1) is 0 Å². The third kappa shape index (κ3) is 7.05. The van der Waals surface area contributed by atoms with Gasteiger partial charge in [0, 0.05) is 6.04 Å². The zero-order valence-corrected chi connectivity index (χ0v) is 12.3. The SMILES string of the molecule is CC1CCCN(CCC(N)CC(C)(C)C)CC1. The van der Waals surface area contributed by atoms with Crippen molar-refractivity contribution in [2.45, 2.75) is 65.8 Å². The number of nitrogens with zero attached hydrogens (tertiary/aromatic N) is 1. The lowest BCUT2D eigenvalue weighted by Gasteiger charge is -2.26. The molecule has 2 atom stereocenters. The minimum Gasteiger partial charge on any atom is -0.328 e. The van der Waals surface area contributed by atoms with Gasteiger partial charge < -0.3 is 10.6 Å². The Morgan fingerprint density at radius 3 is 2.59 bits per heavy atom.